The average Bonchev–Trinajstić information content (AvgIpc) is 2.95. The first-order valence-corrected chi connectivity index (χ1v) is 9.80. The van der Waals surface area contributed by atoms with Crippen molar-refractivity contribution in [2.24, 2.45) is 11.7 Å². The van der Waals surface area contributed by atoms with Gasteiger partial charge in [0.1, 0.15) is 10.7 Å². The van der Waals surface area contributed by atoms with E-state index in [4.69, 9.17) is 5.73 Å². The third-order valence-electron chi connectivity index (χ3n) is 5.15. The number of piperidine rings is 1. The number of carbonyl (C=O) groups is 2. The van der Waals surface area contributed by atoms with Crippen LogP contribution in [0.1, 0.15) is 33.6 Å². The number of rotatable bonds is 5. The van der Waals surface area contributed by atoms with Crippen LogP contribution in [-0.2, 0) is 4.79 Å². The summed E-state index contributed by atoms with van der Waals surface area (Å²) in [6, 6.07) is 6.63. The van der Waals surface area contributed by atoms with Gasteiger partial charge in [0.2, 0.25) is 5.91 Å². The number of nitrogens with two attached hydrogens (primary N) is 1. The van der Waals surface area contributed by atoms with Gasteiger partial charge in [0.15, 0.2) is 0 Å². The molecule has 1 aromatic heterocycles. The molecule has 3 rings (SSSR count). The van der Waals surface area contributed by atoms with Gasteiger partial charge in [-0.1, -0.05) is 12.1 Å². The Balaban J connectivity index is 1.68. The van der Waals surface area contributed by atoms with E-state index in [9.17, 15) is 19.7 Å². The lowest BCUT2D eigenvalue weighted by molar-refractivity contribution is -0.384. The minimum atomic E-state index is -0.552. The molecule has 1 aromatic carbocycles. The molecule has 2 amide bonds. The van der Waals surface area contributed by atoms with Crippen molar-refractivity contribution in [3.8, 4) is 0 Å². The zero-order valence-corrected chi connectivity index (χ0v) is 16.5. The van der Waals surface area contributed by atoms with Gasteiger partial charge in [-0.05, 0) is 38.3 Å². The van der Waals surface area contributed by atoms with E-state index in [1.165, 1.54) is 17.4 Å². The van der Waals surface area contributed by atoms with Crippen LogP contribution in [0.2, 0.25) is 0 Å². The van der Waals surface area contributed by atoms with Crippen molar-refractivity contribution in [3.63, 3.8) is 0 Å². The van der Waals surface area contributed by atoms with Crippen LogP contribution >= 0.6 is 11.3 Å². The second kappa shape index (κ2) is 7.97. The SMILES string of the molecule is Cc1sc(NC(=O)C2CCN(c3ccccc3[N+](=O)[O-])CC2)c(C(N)=O)c1C. The van der Waals surface area contributed by atoms with Gasteiger partial charge in [0, 0.05) is 30.0 Å². The van der Waals surface area contributed by atoms with Crippen molar-refractivity contribution in [2.45, 2.75) is 26.7 Å². The van der Waals surface area contributed by atoms with Gasteiger partial charge in [0.05, 0.1) is 10.5 Å². The second-order valence-corrected chi connectivity index (χ2v) is 8.07. The van der Waals surface area contributed by atoms with E-state index in [2.05, 4.69) is 5.32 Å². The van der Waals surface area contributed by atoms with Crippen LogP contribution in [-0.4, -0.2) is 29.8 Å². The van der Waals surface area contributed by atoms with Crippen LogP contribution in [0.5, 0.6) is 0 Å². The summed E-state index contributed by atoms with van der Waals surface area (Å²) < 4.78 is 0. The summed E-state index contributed by atoms with van der Waals surface area (Å²) in [5.74, 6) is -0.920. The summed E-state index contributed by atoms with van der Waals surface area (Å²) in [5, 5.41) is 14.6. The van der Waals surface area contributed by atoms with Crippen molar-refractivity contribution in [3.05, 3.63) is 50.4 Å². The number of carbonyl (C=O) groups excluding carboxylic acids is 2. The zero-order valence-electron chi connectivity index (χ0n) is 15.7. The number of aryl methyl sites for hydroxylation is 1. The number of anilines is 2. The molecule has 1 aliphatic heterocycles. The van der Waals surface area contributed by atoms with Gasteiger partial charge in [-0.25, -0.2) is 0 Å². The standard InChI is InChI=1S/C19H22N4O4S/c1-11-12(2)28-19(16(11)17(20)24)21-18(25)13-7-9-22(10-8-13)14-5-3-4-6-15(14)23(26)27/h3-6,13H,7-10H2,1-2H3,(H2,20,24)(H,21,25). The highest BCUT2D eigenvalue weighted by atomic mass is 32.1. The molecule has 1 saturated heterocycles. The molecular formula is C19H22N4O4S. The largest absolute Gasteiger partial charge is 0.366 e. The number of nitrogens with one attached hydrogen (secondary N) is 1. The summed E-state index contributed by atoms with van der Waals surface area (Å²) in [7, 11) is 0. The van der Waals surface area contributed by atoms with E-state index in [1.807, 2.05) is 18.7 Å². The molecule has 1 fully saturated rings. The molecule has 0 radical (unpaired) electrons. The highest BCUT2D eigenvalue weighted by Gasteiger charge is 2.29. The predicted octanol–water partition coefficient (Wildman–Crippen LogP) is 3.23. The van der Waals surface area contributed by atoms with E-state index < -0.39 is 5.91 Å². The number of primary amides is 1. The number of thiophene rings is 1. The molecule has 2 aromatic rings. The zero-order chi connectivity index (χ0) is 20.4. The molecule has 0 spiro atoms. The predicted molar refractivity (Wildman–Crippen MR) is 109 cm³/mol. The number of hydrogen-bond acceptors (Lipinski definition) is 6. The highest BCUT2D eigenvalue weighted by molar-refractivity contribution is 7.16. The lowest BCUT2D eigenvalue weighted by Gasteiger charge is -2.32. The van der Waals surface area contributed by atoms with Crippen molar-refractivity contribution in [1.82, 2.24) is 0 Å². The molecule has 9 heteroatoms. The van der Waals surface area contributed by atoms with Gasteiger partial charge in [-0.15, -0.1) is 11.3 Å². The van der Waals surface area contributed by atoms with Crippen LogP contribution in [0.3, 0.4) is 0 Å². The van der Waals surface area contributed by atoms with E-state index in [0.717, 1.165) is 10.4 Å². The number of nitro groups is 1. The Hall–Kier alpha value is -2.94. The summed E-state index contributed by atoms with van der Waals surface area (Å²) >= 11 is 1.35. The molecule has 148 valence electrons. The Morgan fingerprint density at radius 1 is 1.25 bits per heavy atom. The molecule has 0 aliphatic carbocycles. The van der Waals surface area contributed by atoms with Gasteiger partial charge < -0.3 is 16.0 Å². The molecule has 1 aliphatic rings. The minimum absolute atomic E-state index is 0.0704. The molecule has 0 unspecified atom stereocenters. The number of hydrogen-bond donors (Lipinski definition) is 2. The van der Waals surface area contributed by atoms with Crippen molar-refractivity contribution in [2.75, 3.05) is 23.3 Å². The summed E-state index contributed by atoms with van der Waals surface area (Å²) in [6.07, 6.45) is 1.15. The average molecular weight is 402 g/mol. The maximum absolute atomic E-state index is 12.7. The quantitative estimate of drug-likeness (QED) is 0.588. The van der Waals surface area contributed by atoms with Crippen LogP contribution < -0.4 is 16.0 Å². The lowest BCUT2D eigenvalue weighted by Crippen LogP contribution is -2.38. The Morgan fingerprint density at radius 3 is 2.50 bits per heavy atom. The number of para-hydroxylation sites is 2. The number of nitrogens with zero attached hydrogens (tertiary/aromatic N) is 2. The Labute approximate surface area is 166 Å². The Morgan fingerprint density at radius 2 is 1.89 bits per heavy atom. The lowest BCUT2D eigenvalue weighted by atomic mass is 9.95. The first-order chi connectivity index (χ1) is 13.3. The first kappa shape index (κ1) is 19.8. The first-order valence-electron chi connectivity index (χ1n) is 8.98. The molecule has 2 heterocycles. The van der Waals surface area contributed by atoms with E-state index in [1.54, 1.807) is 18.2 Å². The van der Waals surface area contributed by atoms with Gasteiger partial charge in [-0.2, -0.15) is 0 Å². The molecular weight excluding hydrogens is 380 g/mol. The van der Waals surface area contributed by atoms with E-state index in [-0.39, 0.29) is 22.4 Å². The maximum atomic E-state index is 12.7. The highest BCUT2D eigenvalue weighted by Crippen LogP contribution is 2.34. The summed E-state index contributed by atoms with van der Waals surface area (Å²) in [5.41, 5.74) is 7.26. The normalized spacial score (nSPS) is 14.7. The van der Waals surface area contributed by atoms with Crippen molar-refractivity contribution in [1.29, 1.82) is 0 Å². The fraction of sp³-hybridized carbons (Fsp3) is 0.368. The number of benzene rings is 1. The van der Waals surface area contributed by atoms with Crippen LogP contribution in [0, 0.1) is 29.9 Å². The van der Waals surface area contributed by atoms with Crippen LogP contribution in [0.4, 0.5) is 16.4 Å². The molecule has 0 bridgehead atoms. The molecule has 28 heavy (non-hydrogen) atoms. The van der Waals surface area contributed by atoms with Gasteiger partial charge in [0.25, 0.3) is 11.6 Å². The topological polar surface area (TPSA) is 119 Å². The molecule has 0 atom stereocenters. The third-order valence-corrected chi connectivity index (χ3v) is 6.28. The Bertz CT molecular complexity index is 932. The molecule has 8 nitrogen and oxygen atoms in total. The summed E-state index contributed by atoms with van der Waals surface area (Å²) in [6.45, 7) is 4.79. The Kier molecular flexibility index (Phi) is 5.64. The van der Waals surface area contributed by atoms with Gasteiger partial charge in [-0.3, -0.25) is 19.7 Å². The fourth-order valence-corrected chi connectivity index (χ4v) is 4.56. The van der Waals surface area contributed by atoms with Crippen molar-refractivity contribution >= 4 is 39.5 Å². The number of nitro benzene ring substituents is 1. The number of amides is 2. The third kappa shape index (κ3) is 3.84. The van der Waals surface area contributed by atoms with Gasteiger partial charge >= 0.3 is 0 Å². The van der Waals surface area contributed by atoms with Crippen molar-refractivity contribution < 1.29 is 14.5 Å². The van der Waals surface area contributed by atoms with E-state index >= 15 is 0 Å². The fourth-order valence-electron chi connectivity index (χ4n) is 3.49. The molecule has 3 N–H and O–H groups in total. The summed E-state index contributed by atoms with van der Waals surface area (Å²) in [4.78, 5) is 38.1. The maximum Gasteiger partial charge on any atom is 0.292 e. The second-order valence-electron chi connectivity index (χ2n) is 6.85. The molecule has 0 saturated carbocycles. The smallest absolute Gasteiger partial charge is 0.292 e. The van der Waals surface area contributed by atoms with Crippen LogP contribution in [0.25, 0.3) is 0 Å². The van der Waals surface area contributed by atoms with E-state index in [0.29, 0.717) is 42.2 Å². The van der Waals surface area contributed by atoms with Crippen LogP contribution in [0.15, 0.2) is 24.3 Å². The minimum Gasteiger partial charge on any atom is -0.366 e. The monoisotopic (exact) mass is 402 g/mol.